The quantitative estimate of drug-likeness (QED) is 0.755. The van der Waals surface area contributed by atoms with Crippen LogP contribution in [0, 0.1) is 18.3 Å². The molecule has 0 aliphatic rings. The van der Waals surface area contributed by atoms with Gasteiger partial charge in [-0.3, -0.25) is 0 Å². The Morgan fingerprint density at radius 1 is 1.40 bits per heavy atom. The monoisotopic (exact) mass is 234 g/mol. The van der Waals surface area contributed by atoms with Crippen LogP contribution in [-0.2, 0) is 0 Å². The minimum absolute atomic E-state index is 0.643. The van der Waals surface area contributed by atoms with E-state index in [4.69, 9.17) is 16.9 Å². The van der Waals surface area contributed by atoms with Gasteiger partial charge in [-0.15, -0.1) is 11.3 Å². The Bertz CT molecular complexity index is 540. The highest BCUT2D eigenvalue weighted by atomic mass is 35.5. The van der Waals surface area contributed by atoms with Crippen LogP contribution in [0.5, 0.6) is 0 Å². The minimum Gasteiger partial charge on any atom is -0.240 e. The predicted octanol–water partition coefficient (Wildman–Crippen LogP) is 3.64. The Labute approximate surface area is 96.8 Å². The third kappa shape index (κ3) is 1.87. The van der Waals surface area contributed by atoms with Gasteiger partial charge < -0.3 is 0 Å². The summed E-state index contributed by atoms with van der Waals surface area (Å²) in [5, 5.41) is 10.3. The maximum absolute atomic E-state index is 8.84. The molecule has 2 rings (SSSR count). The van der Waals surface area contributed by atoms with Gasteiger partial charge in [0, 0.05) is 5.56 Å². The molecule has 2 nitrogen and oxygen atoms in total. The summed E-state index contributed by atoms with van der Waals surface area (Å²) in [5.74, 6) is 0. The van der Waals surface area contributed by atoms with Crippen molar-refractivity contribution in [1.29, 1.82) is 5.26 Å². The molecule has 1 aromatic heterocycles. The molecular weight excluding hydrogens is 228 g/mol. The highest BCUT2D eigenvalue weighted by Crippen LogP contribution is 2.32. The Kier molecular flexibility index (Phi) is 2.72. The SMILES string of the molecule is Cc1nc(-c2ccccc2Cl)sc1C#N. The number of benzene rings is 1. The molecule has 0 radical (unpaired) electrons. The largest absolute Gasteiger partial charge is 0.240 e. The van der Waals surface area contributed by atoms with Crippen molar-refractivity contribution in [2.24, 2.45) is 0 Å². The molecule has 0 atom stereocenters. The summed E-state index contributed by atoms with van der Waals surface area (Å²) >= 11 is 7.42. The van der Waals surface area contributed by atoms with E-state index in [1.165, 1.54) is 11.3 Å². The number of hydrogen-bond donors (Lipinski definition) is 0. The standard InChI is InChI=1S/C11H7ClN2S/c1-7-10(6-13)15-11(14-7)8-4-2-3-5-9(8)12/h2-5H,1H3. The van der Waals surface area contributed by atoms with Crippen LogP contribution in [0.4, 0.5) is 0 Å². The molecule has 4 heteroatoms. The molecule has 1 heterocycles. The van der Waals surface area contributed by atoms with Gasteiger partial charge in [0.25, 0.3) is 0 Å². The average molecular weight is 235 g/mol. The fourth-order valence-electron chi connectivity index (χ4n) is 1.25. The number of halogens is 1. The van der Waals surface area contributed by atoms with Gasteiger partial charge in [0.2, 0.25) is 0 Å². The van der Waals surface area contributed by atoms with Crippen molar-refractivity contribution >= 4 is 22.9 Å². The lowest BCUT2D eigenvalue weighted by molar-refractivity contribution is 1.25. The Morgan fingerprint density at radius 2 is 2.13 bits per heavy atom. The first-order valence-electron chi connectivity index (χ1n) is 4.35. The molecular formula is C11H7ClN2S. The number of nitrogens with zero attached hydrogens (tertiary/aromatic N) is 2. The smallest absolute Gasteiger partial charge is 0.128 e. The Balaban J connectivity index is 2.56. The van der Waals surface area contributed by atoms with E-state index < -0.39 is 0 Å². The van der Waals surface area contributed by atoms with Gasteiger partial charge in [0.15, 0.2) is 0 Å². The highest BCUT2D eigenvalue weighted by Gasteiger charge is 2.10. The lowest BCUT2D eigenvalue weighted by atomic mass is 10.2. The molecule has 0 N–H and O–H groups in total. The van der Waals surface area contributed by atoms with Crippen molar-refractivity contribution in [2.45, 2.75) is 6.92 Å². The number of hydrogen-bond acceptors (Lipinski definition) is 3. The van der Waals surface area contributed by atoms with Crippen molar-refractivity contribution in [3.8, 4) is 16.6 Å². The fourth-order valence-corrected chi connectivity index (χ4v) is 2.43. The van der Waals surface area contributed by atoms with Crippen LogP contribution in [0.3, 0.4) is 0 Å². The molecule has 2 aromatic rings. The molecule has 0 unspecified atom stereocenters. The number of thiazole rings is 1. The first kappa shape index (κ1) is 10.2. The van der Waals surface area contributed by atoms with Crippen LogP contribution in [0.25, 0.3) is 10.6 Å². The molecule has 0 saturated carbocycles. The van der Waals surface area contributed by atoms with Crippen molar-refractivity contribution < 1.29 is 0 Å². The van der Waals surface area contributed by atoms with Gasteiger partial charge in [-0.05, 0) is 13.0 Å². The third-order valence-corrected chi connectivity index (χ3v) is 3.43. The molecule has 0 fully saturated rings. The van der Waals surface area contributed by atoms with E-state index in [0.29, 0.717) is 9.90 Å². The van der Waals surface area contributed by atoms with E-state index >= 15 is 0 Å². The fraction of sp³-hybridized carbons (Fsp3) is 0.0909. The highest BCUT2D eigenvalue weighted by molar-refractivity contribution is 7.15. The van der Waals surface area contributed by atoms with E-state index in [1.54, 1.807) is 0 Å². The maximum atomic E-state index is 8.84. The van der Waals surface area contributed by atoms with Crippen molar-refractivity contribution in [3.63, 3.8) is 0 Å². The second-order valence-corrected chi connectivity index (χ2v) is 4.43. The summed E-state index contributed by atoms with van der Waals surface area (Å²) in [6, 6.07) is 9.62. The number of aromatic nitrogens is 1. The van der Waals surface area contributed by atoms with E-state index in [2.05, 4.69) is 11.1 Å². The Hall–Kier alpha value is -1.37. The predicted molar refractivity (Wildman–Crippen MR) is 62.0 cm³/mol. The normalized spacial score (nSPS) is 9.93. The summed E-state index contributed by atoms with van der Waals surface area (Å²) in [5.41, 5.74) is 1.64. The van der Waals surface area contributed by atoms with Crippen molar-refractivity contribution in [3.05, 3.63) is 39.9 Å². The van der Waals surface area contributed by atoms with Crippen molar-refractivity contribution in [1.82, 2.24) is 4.98 Å². The number of aryl methyl sites for hydroxylation is 1. The van der Waals surface area contributed by atoms with Gasteiger partial charge in [-0.1, -0.05) is 29.8 Å². The Morgan fingerprint density at radius 3 is 2.73 bits per heavy atom. The van der Waals surface area contributed by atoms with E-state index in [9.17, 15) is 0 Å². The number of nitriles is 1. The molecule has 0 aliphatic heterocycles. The van der Waals surface area contributed by atoms with Crippen LogP contribution < -0.4 is 0 Å². The van der Waals surface area contributed by atoms with Crippen LogP contribution in [0.1, 0.15) is 10.6 Å². The topological polar surface area (TPSA) is 36.7 Å². The summed E-state index contributed by atoms with van der Waals surface area (Å²) in [6.07, 6.45) is 0. The molecule has 74 valence electrons. The molecule has 0 aliphatic carbocycles. The van der Waals surface area contributed by atoms with Crippen LogP contribution in [0.15, 0.2) is 24.3 Å². The summed E-state index contributed by atoms with van der Waals surface area (Å²) in [4.78, 5) is 4.97. The van der Waals surface area contributed by atoms with Gasteiger partial charge in [0.1, 0.15) is 16.0 Å². The zero-order valence-corrected chi connectivity index (χ0v) is 9.56. The van der Waals surface area contributed by atoms with Gasteiger partial charge in [-0.25, -0.2) is 4.98 Å². The first-order chi connectivity index (χ1) is 7.22. The molecule has 0 saturated heterocycles. The minimum atomic E-state index is 0.643. The van der Waals surface area contributed by atoms with Gasteiger partial charge in [0.05, 0.1) is 10.7 Å². The lowest BCUT2D eigenvalue weighted by Crippen LogP contribution is -1.78. The van der Waals surface area contributed by atoms with Gasteiger partial charge >= 0.3 is 0 Å². The molecule has 0 spiro atoms. The first-order valence-corrected chi connectivity index (χ1v) is 5.54. The molecule has 15 heavy (non-hydrogen) atoms. The van der Waals surface area contributed by atoms with Gasteiger partial charge in [-0.2, -0.15) is 5.26 Å². The van der Waals surface area contributed by atoms with Crippen molar-refractivity contribution in [2.75, 3.05) is 0 Å². The summed E-state index contributed by atoms with van der Waals surface area (Å²) < 4.78 is 0. The summed E-state index contributed by atoms with van der Waals surface area (Å²) in [7, 11) is 0. The zero-order valence-electron chi connectivity index (χ0n) is 7.99. The maximum Gasteiger partial charge on any atom is 0.128 e. The van der Waals surface area contributed by atoms with Crippen LogP contribution in [0.2, 0.25) is 5.02 Å². The zero-order chi connectivity index (χ0) is 10.8. The molecule has 0 amide bonds. The molecule has 1 aromatic carbocycles. The second-order valence-electron chi connectivity index (χ2n) is 3.03. The van der Waals surface area contributed by atoms with E-state index in [1.807, 2.05) is 31.2 Å². The number of rotatable bonds is 1. The lowest BCUT2D eigenvalue weighted by Gasteiger charge is -1.97. The van der Waals surface area contributed by atoms with E-state index in [-0.39, 0.29) is 0 Å². The third-order valence-electron chi connectivity index (χ3n) is 2.00. The second kappa shape index (κ2) is 4.01. The van der Waals surface area contributed by atoms with E-state index in [0.717, 1.165) is 16.3 Å². The molecule has 0 bridgehead atoms. The average Bonchev–Trinajstić information content (AvgIpc) is 2.60. The van der Waals surface area contributed by atoms with Crippen LogP contribution in [-0.4, -0.2) is 4.98 Å². The van der Waals surface area contributed by atoms with Crippen LogP contribution >= 0.6 is 22.9 Å². The summed E-state index contributed by atoms with van der Waals surface area (Å²) in [6.45, 7) is 1.83.